The molecular weight excluding hydrogens is 305 g/mol. The van der Waals surface area contributed by atoms with Crippen LogP contribution in [0.1, 0.15) is 15.9 Å². The summed E-state index contributed by atoms with van der Waals surface area (Å²) in [6, 6.07) is 11.7. The molecule has 0 unspecified atom stereocenters. The largest absolute Gasteiger partial charge is 0.416 e. The average molecular weight is 320 g/mol. The van der Waals surface area contributed by atoms with Crippen LogP contribution in [0.3, 0.4) is 0 Å². The minimum absolute atomic E-state index is 0.0309. The zero-order chi connectivity index (χ0) is 16.6. The summed E-state index contributed by atoms with van der Waals surface area (Å²) in [5, 5.41) is 0. The van der Waals surface area contributed by atoms with Gasteiger partial charge in [0.2, 0.25) is 0 Å². The molecule has 1 fully saturated rings. The molecule has 1 aliphatic heterocycles. The third-order valence-corrected chi connectivity index (χ3v) is 3.85. The van der Waals surface area contributed by atoms with Crippen LogP contribution < -0.4 is 5.73 Å². The molecule has 6 heteroatoms. The number of nitrogens with two attached hydrogens (primary N) is 1. The Bertz CT molecular complexity index is 719. The van der Waals surface area contributed by atoms with Gasteiger partial charge in [-0.25, -0.2) is 0 Å². The van der Waals surface area contributed by atoms with Gasteiger partial charge in [0.25, 0.3) is 5.91 Å². The molecule has 2 N–H and O–H groups in total. The van der Waals surface area contributed by atoms with E-state index in [4.69, 9.17) is 5.73 Å². The van der Waals surface area contributed by atoms with Crippen LogP contribution in [-0.4, -0.2) is 29.9 Å². The number of hydrogen-bond donors (Lipinski definition) is 1. The maximum atomic E-state index is 12.8. The SMILES string of the molecule is NC1CN(C(=O)c2ccc(-c3cccc(C(F)(F)F)c3)cc2)C1. The first-order chi connectivity index (χ1) is 10.8. The Kier molecular flexibility index (Phi) is 3.85. The summed E-state index contributed by atoms with van der Waals surface area (Å²) in [6.07, 6.45) is -4.37. The number of nitrogens with zero attached hydrogens (tertiary/aromatic N) is 1. The van der Waals surface area contributed by atoms with Crippen LogP contribution in [0.4, 0.5) is 13.2 Å². The Labute approximate surface area is 131 Å². The van der Waals surface area contributed by atoms with Crippen LogP contribution in [0.5, 0.6) is 0 Å². The second kappa shape index (κ2) is 5.70. The van der Waals surface area contributed by atoms with Crippen molar-refractivity contribution in [2.24, 2.45) is 5.73 Å². The van der Waals surface area contributed by atoms with Gasteiger partial charge in [0.05, 0.1) is 5.56 Å². The molecule has 2 aromatic rings. The van der Waals surface area contributed by atoms with Gasteiger partial charge in [-0.3, -0.25) is 4.79 Å². The third kappa shape index (κ3) is 3.22. The van der Waals surface area contributed by atoms with Crippen molar-refractivity contribution in [3.05, 3.63) is 59.7 Å². The minimum atomic E-state index is -4.37. The van der Waals surface area contributed by atoms with Crippen molar-refractivity contribution >= 4 is 5.91 Å². The summed E-state index contributed by atoms with van der Waals surface area (Å²) < 4.78 is 38.3. The zero-order valence-electron chi connectivity index (χ0n) is 12.2. The van der Waals surface area contributed by atoms with Gasteiger partial charge in [0.1, 0.15) is 0 Å². The van der Waals surface area contributed by atoms with Crippen LogP contribution in [-0.2, 0) is 6.18 Å². The van der Waals surface area contributed by atoms with Gasteiger partial charge in [-0.2, -0.15) is 13.2 Å². The summed E-state index contributed by atoms with van der Waals surface area (Å²) >= 11 is 0. The van der Waals surface area contributed by atoms with Crippen molar-refractivity contribution in [1.29, 1.82) is 0 Å². The fraction of sp³-hybridized carbons (Fsp3) is 0.235. The average Bonchev–Trinajstić information content (AvgIpc) is 2.51. The van der Waals surface area contributed by atoms with Gasteiger partial charge in [0, 0.05) is 24.7 Å². The number of carbonyl (C=O) groups excluding carboxylic acids is 1. The lowest BCUT2D eigenvalue weighted by atomic mass is 10.0. The molecule has 2 aromatic carbocycles. The van der Waals surface area contributed by atoms with Crippen LogP contribution in [0.2, 0.25) is 0 Å². The van der Waals surface area contributed by atoms with Crippen molar-refractivity contribution in [2.45, 2.75) is 12.2 Å². The first-order valence-corrected chi connectivity index (χ1v) is 7.17. The van der Waals surface area contributed by atoms with E-state index >= 15 is 0 Å². The number of carbonyl (C=O) groups is 1. The first kappa shape index (κ1) is 15.6. The normalized spacial score (nSPS) is 15.4. The fourth-order valence-corrected chi connectivity index (χ4v) is 2.54. The smallest absolute Gasteiger partial charge is 0.335 e. The molecule has 3 rings (SSSR count). The summed E-state index contributed by atoms with van der Waals surface area (Å²) in [5.41, 5.74) is 6.56. The number of alkyl halides is 3. The van der Waals surface area contributed by atoms with Gasteiger partial charge in [-0.1, -0.05) is 24.3 Å². The summed E-state index contributed by atoms with van der Waals surface area (Å²) in [5.74, 6) is -0.109. The Morgan fingerprint density at radius 3 is 2.26 bits per heavy atom. The number of amides is 1. The van der Waals surface area contributed by atoms with E-state index in [-0.39, 0.29) is 11.9 Å². The Morgan fingerprint density at radius 2 is 1.70 bits per heavy atom. The van der Waals surface area contributed by atoms with Gasteiger partial charge in [-0.05, 0) is 35.4 Å². The van der Waals surface area contributed by atoms with Gasteiger partial charge >= 0.3 is 6.18 Å². The Hall–Kier alpha value is -2.34. The molecule has 1 heterocycles. The topological polar surface area (TPSA) is 46.3 Å². The predicted molar refractivity (Wildman–Crippen MR) is 80.8 cm³/mol. The maximum absolute atomic E-state index is 12.8. The number of rotatable bonds is 2. The second-order valence-electron chi connectivity index (χ2n) is 5.63. The number of halogens is 3. The lowest BCUT2D eigenvalue weighted by Gasteiger charge is -2.36. The molecule has 0 bridgehead atoms. The molecule has 120 valence electrons. The Balaban J connectivity index is 1.81. The first-order valence-electron chi connectivity index (χ1n) is 7.17. The number of benzene rings is 2. The molecule has 0 radical (unpaired) electrons. The van der Waals surface area contributed by atoms with Crippen LogP contribution >= 0.6 is 0 Å². The highest BCUT2D eigenvalue weighted by Crippen LogP contribution is 2.32. The molecule has 0 atom stereocenters. The van der Waals surface area contributed by atoms with Crippen molar-refractivity contribution in [1.82, 2.24) is 4.90 Å². The fourth-order valence-electron chi connectivity index (χ4n) is 2.54. The van der Waals surface area contributed by atoms with E-state index in [9.17, 15) is 18.0 Å². The van der Waals surface area contributed by atoms with Crippen molar-refractivity contribution in [3.8, 4) is 11.1 Å². The highest BCUT2D eigenvalue weighted by molar-refractivity contribution is 5.95. The molecule has 0 aromatic heterocycles. The highest BCUT2D eigenvalue weighted by Gasteiger charge is 2.30. The van der Waals surface area contributed by atoms with Crippen molar-refractivity contribution in [3.63, 3.8) is 0 Å². The van der Waals surface area contributed by atoms with E-state index in [0.29, 0.717) is 29.8 Å². The lowest BCUT2D eigenvalue weighted by molar-refractivity contribution is -0.137. The third-order valence-electron chi connectivity index (χ3n) is 3.85. The van der Waals surface area contributed by atoms with Crippen LogP contribution in [0.25, 0.3) is 11.1 Å². The quantitative estimate of drug-likeness (QED) is 0.924. The molecule has 0 saturated carbocycles. The zero-order valence-corrected chi connectivity index (χ0v) is 12.2. The van der Waals surface area contributed by atoms with Crippen molar-refractivity contribution in [2.75, 3.05) is 13.1 Å². The van der Waals surface area contributed by atoms with E-state index in [1.54, 1.807) is 35.2 Å². The van der Waals surface area contributed by atoms with E-state index < -0.39 is 11.7 Å². The summed E-state index contributed by atoms with van der Waals surface area (Å²) in [4.78, 5) is 13.8. The molecule has 3 nitrogen and oxygen atoms in total. The van der Waals surface area contributed by atoms with Gasteiger partial charge < -0.3 is 10.6 Å². The van der Waals surface area contributed by atoms with E-state index in [0.717, 1.165) is 12.1 Å². The lowest BCUT2D eigenvalue weighted by Crippen LogP contribution is -2.57. The van der Waals surface area contributed by atoms with Gasteiger partial charge in [-0.15, -0.1) is 0 Å². The number of likely N-dealkylation sites (tertiary alicyclic amines) is 1. The van der Waals surface area contributed by atoms with Crippen LogP contribution in [0.15, 0.2) is 48.5 Å². The predicted octanol–water partition coefficient (Wildman–Crippen LogP) is 3.16. The Morgan fingerprint density at radius 1 is 1.04 bits per heavy atom. The minimum Gasteiger partial charge on any atom is -0.335 e. The molecule has 0 spiro atoms. The van der Waals surface area contributed by atoms with Crippen molar-refractivity contribution < 1.29 is 18.0 Å². The molecule has 1 saturated heterocycles. The number of hydrogen-bond acceptors (Lipinski definition) is 2. The monoisotopic (exact) mass is 320 g/mol. The molecule has 0 aliphatic carbocycles. The van der Waals surface area contributed by atoms with E-state index in [2.05, 4.69) is 0 Å². The maximum Gasteiger partial charge on any atom is 0.416 e. The van der Waals surface area contributed by atoms with E-state index in [1.165, 1.54) is 6.07 Å². The van der Waals surface area contributed by atoms with Crippen LogP contribution in [0, 0.1) is 0 Å². The molecule has 1 amide bonds. The molecular formula is C17H15F3N2O. The highest BCUT2D eigenvalue weighted by atomic mass is 19.4. The summed E-state index contributed by atoms with van der Waals surface area (Å²) in [7, 11) is 0. The summed E-state index contributed by atoms with van der Waals surface area (Å²) in [6.45, 7) is 1.07. The second-order valence-corrected chi connectivity index (χ2v) is 5.63. The molecule has 1 aliphatic rings. The standard InChI is InChI=1S/C17H15F3N2O/c18-17(19,20)14-3-1-2-13(8-14)11-4-6-12(7-5-11)16(23)22-9-15(21)10-22/h1-8,15H,9-10,21H2. The van der Waals surface area contributed by atoms with E-state index in [1.807, 2.05) is 0 Å². The molecule has 23 heavy (non-hydrogen) atoms. The van der Waals surface area contributed by atoms with Gasteiger partial charge in [0.15, 0.2) is 0 Å².